The van der Waals surface area contributed by atoms with Crippen LogP contribution in [-0.4, -0.2) is 39.0 Å². The molecule has 2 aromatic carbocycles. The Morgan fingerprint density at radius 3 is 2.17 bits per heavy atom. The number of aliphatic hydroxyl groups is 1. The number of carbonyl (C=O) groups excluding carboxylic acids is 2. The van der Waals surface area contributed by atoms with Crippen molar-refractivity contribution in [1.29, 1.82) is 0 Å². The number of ether oxygens (including phenoxy) is 1. The standard InChI is InChI=1S/C32H38F2O4.CH4O.CH2O/c1-23(7-8-24(2)22-35)17-18-37-30-19-29(20-31(21-30)38-36-3)28-15-13-27(14-16-28)26-11-9-25(10-12-26)5-4-6-32(33)34;2*1-2/h6,13-16,19-22,25-26H,1-2,4-5,7-12,17-18H2,3H3;2H,1H3;1H2. The van der Waals surface area contributed by atoms with E-state index in [1.54, 1.807) is 6.07 Å². The molecule has 6 nitrogen and oxygen atoms in total. The van der Waals surface area contributed by atoms with Crippen LogP contribution in [0.3, 0.4) is 0 Å². The molecular formula is C34H44F2O6. The number of hydrogen-bond donors (Lipinski definition) is 1. The van der Waals surface area contributed by atoms with Crippen LogP contribution in [0.4, 0.5) is 8.78 Å². The molecule has 1 fully saturated rings. The third-order valence-electron chi connectivity index (χ3n) is 7.19. The number of rotatable bonds is 15. The molecule has 0 saturated heterocycles. The fourth-order valence-electron chi connectivity index (χ4n) is 4.96. The summed E-state index contributed by atoms with van der Waals surface area (Å²) in [5.41, 5.74) is 4.90. The largest absolute Gasteiger partial charge is 0.493 e. The van der Waals surface area contributed by atoms with Crippen molar-refractivity contribution in [2.75, 3.05) is 20.8 Å². The smallest absolute Gasteiger partial charge is 0.266 e. The van der Waals surface area contributed by atoms with Gasteiger partial charge in [-0.3, -0.25) is 4.79 Å². The van der Waals surface area contributed by atoms with Gasteiger partial charge in [0.2, 0.25) is 0 Å². The summed E-state index contributed by atoms with van der Waals surface area (Å²) in [6, 6.07) is 14.3. The predicted octanol–water partition coefficient (Wildman–Crippen LogP) is 8.41. The lowest BCUT2D eigenvalue weighted by Crippen LogP contribution is -2.13. The molecule has 0 atom stereocenters. The number of allylic oxidation sites excluding steroid dienone is 2. The van der Waals surface area contributed by atoms with Gasteiger partial charge in [-0.2, -0.15) is 13.7 Å². The first-order valence-corrected chi connectivity index (χ1v) is 14.0. The molecule has 8 heteroatoms. The minimum absolute atomic E-state index is 0.461. The summed E-state index contributed by atoms with van der Waals surface area (Å²) in [7, 11) is 2.46. The fraction of sp³-hybridized carbons (Fsp3) is 0.412. The van der Waals surface area contributed by atoms with Gasteiger partial charge in [0.05, 0.1) is 13.7 Å². The maximum atomic E-state index is 12.3. The summed E-state index contributed by atoms with van der Waals surface area (Å²) in [4.78, 5) is 28.9. The van der Waals surface area contributed by atoms with Crippen molar-refractivity contribution < 1.29 is 38.0 Å². The molecule has 1 saturated carbocycles. The van der Waals surface area contributed by atoms with Gasteiger partial charge < -0.3 is 19.5 Å². The lowest BCUT2D eigenvalue weighted by atomic mass is 9.77. The van der Waals surface area contributed by atoms with Gasteiger partial charge in [-0.15, -0.1) is 0 Å². The van der Waals surface area contributed by atoms with Crippen molar-refractivity contribution in [2.45, 2.75) is 63.7 Å². The summed E-state index contributed by atoms with van der Waals surface area (Å²) in [6.45, 7) is 10.2. The van der Waals surface area contributed by atoms with Gasteiger partial charge in [-0.05, 0) is 104 Å². The van der Waals surface area contributed by atoms with Crippen molar-refractivity contribution in [1.82, 2.24) is 0 Å². The van der Waals surface area contributed by atoms with Gasteiger partial charge in [0, 0.05) is 19.6 Å². The van der Waals surface area contributed by atoms with Crippen molar-refractivity contribution in [3.63, 3.8) is 0 Å². The zero-order valence-corrected chi connectivity index (χ0v) is 24.8. The van der Waals surface area contributed by atoms with Crippen LogP contribution in [0.25, 0.3) is 11.1 Å². The van der Waals surface area contributed by atoms with E-state index in [9.17, 15) is 13.6 Å². The van der Waals surface area contributed by atoms with E-state index in [0.29, 0.717) is 61.2 Å². The van der Waals surface area contributed by atoms with Crippen molar-refractivity contribution in [3.8, 4) is 22.6 Å². The highest BCUT2D eigenvalue weighted by Gasteiger charge is 2.22. The van der Waals surface area contributed by atoms with E-state index < -0.39 is 6.08 Å². The normalized spacial score (nSPS) is 15.5. The van der Waals surface area contributed by atoms with Crippen LogP contribution in [-0.2, 0) is 14.5 Å². The molecule has 42 heavy (non-hydrogen) atoms. The van der Waals surface area contributed by atoms with Crippen LogP contribution >= 0.6 is 0 Å². The Labute approximate surface area is 248 Å². The SMILES string of the molecule is C=C(C=O)CCC(=C)CCOc1cc(OOC)cc(-c2ccc(C3CCC(CCC=C(F)F)CC3)cc2)c1.C=O.CO. The molecule has 0 aliphatic heterocycles. The third-order valence-corrected chi connectivity index (χ3v) is 7.19. The fourth-order valence-corrected chi connectivity index (χ4v) is 4.96. The van der Waals surface area contributed by atoms with E-state index in [1.807, 2.05) is 18.9 Å². The van der Waals surface area contributed by atoms with Crippen LogP contribution in [0.15, 0.2) is 78.9 Å². The quantitative estimate of drug-likeness (QED) is 0.0742. The van der Waals surface area contributed by atoms with E-state index in [-0.39, 0.29) is 0 Å². The first kappa shape index (κ1) is 36.4. The van der Waals surface area contributed by atoms with E-state index in [4.69, 9.17) is 24.4 Å². The van der Waals surface area contributed by atoms with Gasteiger partial charge in [-0.1, -0.05) is 43.0 Å². The van der Waals surface area contributed by atoms with Gasteiger partial charge in [0.25, 0.3) is 6.08 Å². The molecule has 0 radical (unpaired) electrons. The third kappa shape index (κ3) is 13.4. The molecule has 0 spiro atoms. The molecule has 1 N–H and O–H groups in total. The zero-order chi connectivity index (χ0) is 31.3. The number of benzene rings is 2. The maximum Gasteiger partial charge on any atom is 0.266 e. The molecule has 0 bridgehead atoms. The summed E-state index contributed by atoms with van der Waals surface area (Å²) in [5, 5.41) is 7.00. The molecule has 0 aromatic heterocycles. The van der Waals surface area contributed by atoms with Gasteiger partial charge >= 0.3 is 0 Å². The second kappa shape index (κ2) is 21.1. The first-order chi connectivity index (χ1) is 20.4. The number of aliphatic hydroxyl groups excluding tert-OH is 1. The summed E-state index contributed by atoms with van der Waals surface area (Å²) >= 11 is 0. The van der Waals surface area contributed by atoms with Crippen molar-refractivity contribution in [2.24, 2.45) is 5.92 Å². The highest BCUT2D eigenvalue weighted by molar-refractivity contribution is 5.71. The Hall–Kier alpha value is -3.62. The van der Waals surface area contributed by atoms with E-state index >= 15 is 0 Å². The summed E-state index contributed by atoms with van der Waals surface area (Å²) in [6.07, 6.45) is 7.93. The van der Waals surface area contributed by atoms with Gasteiger partial charge in [0.15, 0.2) is 5.75 Å². The molecule has 0 amide bonds. The highest BCUT2D eigenvalue weighted by atomic mass is 19.3. The second-order valence-corrected chi connectivity index (χ2v) is 9.98. The van der Waals surface area contributed by atoms with Crippen molar-refractivity contribution >= 4 is 13.1 Å². The maximum absolute atomic E-state index is 12.3. The minimum atomic E-state index is -1.57. The molecule has 0 unspecified atom stereocenters. The molecular weight excluding hydrogens is 542 g/mol. The Morgan fingerprint density at radius 2 is 1.57 bits per heavy atom. The van der Waals surface area contributed by atoms with E-state index in [1.165, 1.54) is 12.7 Å². The van der Waals surface area contributed by atoms with E-state index in [0.717, 1.165) is 68.3 Å². The topological polar surface area (TPSA) is 82.1 Å². The number of hydrogen-bond acceptors (Lipinski definition) is 6. The highest BCUT2D eigenvalue weighted by Crippen LogP contribution is 2.38. The number of aldehydes is 1. The monoisotopic (exact) mass is 586 g/mol. The number of carbonyl (C=O) groups is 2. The first-order valence-electron chi connectivity index (χ1n) is 14.0. The predicted molar refractivity (Wildman–Crippen MR) is 163 cm³/mol. The number of halogens is 2. The van der Waals surface area contributed by atoms with Gasteiger partial charge in [-0.25, -0.2) is 0 Å². The van der Waals surface area contributed by atoms with Crippen LogP contribution < -0.4 is 9.62 Å². The molecule has 0 heterocycles. The molecule has 1 aliphatic rings. The molecule has 2 aromatic rings. The lowest BCUT2D eigenvalue weighted by molar-refractivity contribution is -0.178. The van der Waals surface area contributed by atoms with Crippen LogP contribution in [0.5, 0.6) is 11.5 Å². The average Bonchev–Trinajstić information content (AvgIpc) is 3.02. The van der Waals surface area contributed by atoms with Crippen LogP contribution in [0.1, 0.15) is 69.3 Å². The summed E-state index contributed by atoms with van der Waals surface area (Å²) in [5.74, 6) is 2.26. The van der Waals surface area contributed by atoms with Gasteiger partial charge in [0.1, 0.15) is 18.8 Å². The molecule has 1 aliphatic carbocycles. The van der Waals surface area contributed by atoms with E-state index in [2.05, 4.69) is 37.4 Å². The van der Waals surface area contributed by atoms with Crippen LogP contribution in [0, 0.1) is 5.92 Å². The second-order valence-electron chi connectivity index (χ2n) is 9.98. The van der Waals surface area contributed by atoms with Crippen molar-refractivity contribution in [3.05, 3.63) is 84.5 Å². The Bertz CT molecular complexity index is 1120. The molecule has 3 rings (SSSR count). The zero-order valence-electron chi connectivity index (χ0n) is 24.8. The Balaban J connectivity index is 0.00000211. The Morgan fingerprint density at radius 1 is 0.929 bits per heavy atom. The summed E-state index contributed by atoms with van der Waals surface area (Å²) < 4.78 is 30.6. The van der Waals surface area contributed by atoms with Crippen LogP contribution in [0.2, 0.25) is 0 Å². The lowest BCUT2D eigenvalue weighted by Gasteiger charge is -2.28. The molecule has 230 valence electrons. The average molecular weight is 587 g/mol. The Kier molecular flexibility index (Phi) is 18.3. The minimum Gasteiger partial charge on any atom is -0.493 e.